The monoisotopic (exact) mass is 139 g/mol. The summed E-state index contributed by atoms with van der Waals surface area (Å²) in [6.45, 7) is 4.72. The van der Waals surface area contributed by atoms with Gasteiger partial charge in [0.05, 0.1) is 19.0 Å². The maximum Gasteiger partial charge on any atom is 0.107 e. The maximum absolute atomic E-state index is 4.88. The zero-order valence-electron chi connectivity index (χ0n) is 5.60. The van der Waals surface area contributed by atoms with Crippen molar-refractivity contribution >= 4 is 0 Å². The number of aromatic nitrogens is 3. The Labute approximate surface area is 59.1 Å². The molecule has 0 spiro atoms. The minimum atomic E-state index is 0.590. The maximum atomic E-state index is 4.88. The van der Waals surface area contributed by atoms with Gasteiger partial charge in [0.2, 0.25) is 0 Å². The van der Waals surface area contributed by atoms with Crippen LogP contribution in [0.25, 0.3) is 0 Å². The predicted molar refractivity (Wildman–Crippen MR) is 36.2 cm³/mol. The number of rotatable bonds is 4. The van der Waals surface area contributed by atoms with Gasteiger partial charge in [-0.25, -0.2) is 4.68 Å². The minimum absolute atomic E-state index is 0.590. The molecule has 0 fully saturated rings. The number of hydrogen-bond acceptors (Lipinski definition) is 3. The summed E-state index contributed by atoms with van der Waals surface area (Å²) in [5, 5.41) is 7.37. The van der Waals surface area contributed by atoms with Crippen LogP contribution in [0.15, 0.2) is 25.2 Å². The minimum Gasteiger partial charge on any atom is -0.500 e. The molecule has 0 aliphatic heterocycles. The van der Waals surface area contributed by atoms with Crippen LogP contribution in [0, 0.1) is 0 Å². The second kappa shape index (κ2) is 3.66. The Balaban J connectivity index is 2.21. The lowest BCUT2D eigenvalue weighted by Crippen LogP contribution is -2.03. The highest BCUT2D eigenvalue weighted by Gasteiger charge is 1.87. The Morgan fingerprint density at radius 2 is 2.60 bits per heavy atom. The van der Waals surface area contributed by atoms with Crippen molar-refractivity contribution in [3.05, 3.63) is 25.2 Å². The van der Waals surface area contributed by atoms with Crippen LogP contribution in [0.2, 0.25) is 0 Å². The zero-order valence-corrected chi connectivity index (χ0v) is 5.60. The molecule has 0 aliphatic carbocycles. The molecule has 1 heterocycles. The first-order valence-electron chi connectivity index (χ1n) is 3.00. The molecule has 0 N–H and O–H groups in total. The van der Waals surface area contributed by atoms with Crippen LogP contribution in [0.3, 0.4) is 0 Å². The van der Waals surface area contributed by atoms with Gasteiger partial charge in [-0.15, -0.1) is 5.10 Å². The molecule has 0 amide bonds. The molecule has 1 aromatic rings. The largest absolute Gasteiger partial charge is 0.500 e. The molecule has 10 heavy (non-hydrogen) atoms. The van der Waals surface area contributed by atoms with Crippen molar-refractivity contribution < 1.29 is 4.74 Å². The Hall–Kier alpha value is -1.32. The molecule has 0 aliphatic rings. The van der Waals surface area contributed by atoms with E-state index in [4.69, 9.17) is 4.74 Å². The van der Waals surface area contributed by atoms with Crippen LogP contribution in [-0.4, -0.2) is 21.6 Å². The Bertz CT molecular complexity index is 183. The SMILES string of the molecule is C=COCCn1ccnn1. The van der Waals surface area contributed by atoms with Crippen molar-refractivity contribution in [1.29, 1.82) is 0 Å². The average molecular weight is 139 g/mol. The van der Waals surface area contributed by atoms with Gasteiger partial charge in [-0.1, -0.05) is 11.8 Å². The first-order valence-corrected chi connectivity index (χ1v) is 3.00. The van der Waals surface area contributed by atoms with Gasteiger partial charge in [-0.05, 0) is 0 Å². The molecule has 0 atom stereocenters. The van der Waals surface area contributed by atoms with Gasteiger partial charge in [0.15, 0.2) is 0 Å². The second-order valence-electron chi connectivity index (χ2n) is 1.70. The topological polar surface area (TPSA) is 39.9 Å². The first kappa shape index (κ1) is 6.80. The van der Waals surface area contributed by atoms with Crippen molar-refractivity contribution in [2.75, 3.05) is 6.61 Å². The van der Waals surface area contributed by atoms with E-state index >= 15 is 0 Å². The van der Waals surface area contributed by atoms with E-state index in [-0.39, 0.29) is 0 Å². The molecular formula is C6H9N3O. The van der Waals surface area contributed by atoms with Crippen LogP contribution in [0.1, 0.15) is 0 Å². The summed E-state index contributed by atoms with van der Waals surface area (Å²) in [6.07, 6.45) is 4.83. The van der Waals surface area contributed by atoms with Gasteiger partial charge in [-0.3, -0.25) is 0 Å². The highest BCUT2D eigenvalue weighted by atomic mass is 16.5. The van der Waals surface area contributed by atoms with Crippen molar-refractivity contribution in [2.45, 2.75) is 6.54 Å². The first-order chi connectivity index (χ1) is 4.93. The fourth-order valence-corrected chi connectivity index (χ4v) is 0.582. The van der Waals surface area contributed by atoms with Gasteiger partial charge in [0.25, 0.3) is 0 Å². The van der Waals surface area contributed by atoms with Crippen LogP contribution in [-0.2, 0) is 11.3 Å². The summed E-state index contributed by atoms with van der Waals surface area (Å²) >= 11 is 0. The lowest BCUT2D eigenvalue weighted by Gasteiger charge is -1.98. The van der Waals surface area contributed by atoms with E-state index in [1.807, 2.05) is 0 Å². The highest BCUT2D eigenvalue weighted by molar-refractivity contribution is 4.63. The average Bonchev–Trinajstić information content (AvgIpc) is 2.41. The van der Waals surface area contributed by atoms with Gasteiger partial charge >= 0.3 is 0 Å². The summed E-state index contributed by atoms with van der Waals surface area (Å²) < 4.78 is 6.58. The zero-order chi connectivity index (χ0) is 7.23. The Morgan fingerprint density at radius 1 is 1.70 bits per heavy atom. The molecule has 0 radical (unpaired) electrons. The Kier molecular flexibility index (Phi) is 2.49. The van der Waals surface area contributed by atoms with Crippen molar-refractivity contribution in [3.8, 4) is 0 Å². The van der Waals surface area contributed by atoms with Gasteiger partial charge in [-0.2, -0.15) is 0 Å². The van der Waals surface area contributed by atoms with Crippen molar-refractivity contribution in [1.82, 2.24) is 15.0 Å². The smallest absolute Gasteiger partial charge is 0.107 e. The molecule has 0 unspecified atom stereocenters. The fraction of sp³-hybridized carbons (Fsp3) is 0.333. The third-order valence-corrected chi connectivity index (χ3v) is 1.03. The molecule has 54 valence electrons. The van der Waals surface area contributed by atoms with Crippen molar-refractivity contribution in [2.24, 2.45) is 0 Å². The standard InChI is InChI=1S/C6H9N3O/c1-2-10-6-5-9-4-3-7-8-9/h2-4H,1,5-6H2. The molecular weight excluding hydrogens is 130 g/mol. The predicted octanol–water partition coefficient (Wildman–Crippen LogP) is 0.438. The van der Waals surface area contributed by atoms with Gasteiger partial charge in [0, 0.05) is 6.20 Å². The summed E-state index contributed by atoms with van der Waals surface area (Å²) in [4.78, 5) is 0. The summed E-state index contributed by atoms with van der Waals surface area (Å²) in [7, 11) is 0. The van der Waals surface area contributed by atoms with E-state index in [0.29, 0.717) is 13.2 Å². The van der Waals surface area contributed by atoms with Gasteiger partial charge in [0.1, 0.15) is 6.61 Å². The fourth-order valence-electron chi connectivity index (χ4n) is 0.582. The number of hydrogen-bond donors (Lipinski definition) is 0. The van der Waals surface area contributed by atoms with Crippen LogP contribution < -0.4 is 0 Å². The van der Waals surface area contributed by atoms with Crippen LogP contribution >= 0.6 is 0 Å². The summed E-state index contributed by atoms with van der Waals surface area (Å²) in [5.74, 6) is 0. The van der Waals surface area contributed by atoms with E-state index < -0.39 is 0 Å². The molecule has 4 nitrogen and oxygen atoms in total. The van der Waals surface area contributed by atoms with Crippen LogP contribution in [0.4, 0.5) is 0 Å². The Morgan fingerprint density at radius 3 is 3.20 bits per heavy atom. The van der Waals surface area contributed by atoms with E-state index in [1.54, 1.807) is 17.1 Å². The molecule has 0 aromatic carbocycles. The third kappa shape index (κ3) is 1.89. The van der Waals surface area contributed by atoms with E-state index in [9.17, 15) is 0 Å². The lowest BCUT2D eigenvalue weighted by molar-refractivity contribution is 0.230. The van der Waals surface area contributed by atoms with E-state index in [2.05, 4.69) is 16.9 Å². The molecule has 0 saturated carbocycles. The van der Waals surface area contributed by atoms with E-state index in [0.717, 1.165) is 0 Å². The number of ether oxygens (including phenoxy) is 1. The van der Waals surface area contributed by atoms with Crippen molar-refractivity contribution in [3.63, 3.8) is 0 Å². The molecule has 1 aromatic heterocycles. The molecule has 0 saturated heterocycles. The summed E-state index contributed by atoms with van der Waals surface area (Å²) in [5.41, 5.74) is 0. The highest BCUT2D eigenvalue weighted by Crippen LogP contribution is 1.81. The molecule has 4 heteroatoms. The normalized spacial score (nSPS) is 9.20. The van der Waals surface area contributed by atoms with Crippen LogP contribution in [0.5, 0.6) is 0 Å². The second-order valence-corrected chi connectivity index (χ2v) is 1.70. The molecule has 1 rings (SSSR count). The molecule has 0 bridgehead atoms. The quantitative estimate of drug-likeness (QED) is 0.449. The third-order valence-electron chi connectivity index (χ3n) is 1.03. The summed E-state index contributed by atoms with van der Waals surface area (Å²) in [6, 6.07) is 0. The van der Waals surface area contributed by atoms with E-state index in [1.165, 1.54) is 6.26 Å². The lowest BCUT2D eigenvalue weighted by atomic mass is 10.7. The van der Waals surface area contributed by atoms with Gasteiger partial charge < -0.3 is 4.74 Å². The number of nitrogens with zero attached hydrogens (tertiary/aromatic N) is 3.